The minimum absolute atomic E-state index is 0.250. The number of rotatable bonds is 1. The maximum Gasteiger partial charge on any atom is 0.290 e. The molecule has 0 spiro atoms. The van der Waals surface area contributed by atoms with Crippen LogP contribution in [0, 0.1) is 0 Å². The fraction of sp³-hybridized carbons (Fsp3) is 0.857. The summed E-state index contributed by atoms with van der Waals surface area (Å²) in [6.45, 7) is 3.24. The van der Waals surface area contributed by atoms with Crippen molar-refractivity contribution in [2.75, 3.05) is 6.54 Å². The van der Waals surface area contributed by atoms with E-state index in [9.17, 15) is 0 Å². The number of hydrogen-bond acceptors (Lipinski definition) is 2. The summed E-state index contributed by atoms with van der Waals surface area (Å²) in [5.41, 5.74) is 0. The molecular weight excluding hydrogens is 130 g/mol. The summed E-state index contributed by atoms with van der Waals surface area (Å²) in [4.78, 5) is 8.36. The highest BCUT2D eigenvalue weighted by Crippen LogP contribution is 2.06. The Kier molecular flexibility index (Phi) is 6.18. The van der Waals surface area contributed by atoms with Gasteiger partial charge in [-0.1, -0.05) is 6.92 Å². The first kappa shape index (κ1) is 9.43. The van der Waals surface area contributed by atoms with Crippen molar-refractivity contribution in [2.45, 2.75) is 32.2 Å². The molecule has 0 aromatic rings. The molecule has 0 saturated carbocycles. The largest absolute Gasteiger partial charge is 0.483 e. The fourth-order valence-electron chi connectivity index (χ4n) is 1.11. The molecule has 10 heavy (non-hydrogen) atoms. The Morgan fingerprint density at radius 3 is 2.60 bits per heavy atom. The van der Waals surface area contributed by atoms with Crippen molar-refractivity contribution in [1.29, 1.82) is 0 Å². The third-order valence-corrected chi connectivity index (χ3v) is 1.66. The van der Waals surface area contributed by atoms with Gasteiger partial charge in [-0.05, 0) is 25.8 Å². The first-order valence-corrected chi connectivity index (χ1v) is 3.66. The Hall–Kier alpha value is -0.570. The van der Waals surface area contributed by atoms with E-state index in [4.69, 9.17) is 9.90 Å². The zero-order valence-electron chi connectivity index (χ0n) is 6.34. The lowest BCUT2D eigenvalue weighted by Crippen LogP contribution is -2.19. The summed E-state index contributed by atoms with van der Waals surface area (Å²) < 4.78 is 0. The fourth-order valence-corrected chi connectivity index (χ4v) is 1.11. The molecule has 1 unspecified atom stereocenters. The highest BCUT2D eigenvalue weighted by atomic mass is 16.3. The van der Waals surface area contributed by atoms with Gasteiger partial charge in [0.05, 0.1) is 0 Å². The van der Waals surface area contributed by atoms with E-state index in [1.165, 1.54) is 25.8 Å². The van der Waals surface area contributed by atoms with Crippen LogP contribution in [0.25, 0.3) is 0 Å². The third kappa shape index (κ3) is 4.32. The van der Waals surface area contributed by atoms with E-state index >= 15 is 0 Å². The molecule has 1 saturated heterocycles. The van der Waals surface area contributed by atoms with Crippen LogP contribution in [-0.4, -0.2) is 24.2 Å². The molecule has 2 N–H and O–H groups in total. The van der Waals surface area contributed by atoms with Gasteiger partial charge in [0.1, 0.15) is 0 Å². The lowest BCUT2D eigenvalue weighted by Gasteiger charge is -2.02. The molecule has 0 bridgehead atoms. The van der Waals surface area contributed by atoms with Crippen molar-refractivity contribution >= 4 is 6.47 Å². The zero-order chi connectivity index (χ0) is 7.82. The number of carboxylic acid groups (broad SMARTS) is 1. The molecule has 0 aromatic heterocycles. The summed E-state index contributed by atoms with van der Waals surface area (Å²) in [7, 11) is 0. The maximum absolute atomic E-state index is 8.36. The normalized spacial score (nSPS) is 23.1. The molecule has 1 fully saturated rings. The van der Waals surface area contributed by atoms with Crippen LogP contribution >= 0.6 is 0 Å². The lowest BCUT2D eigenvalue weighted by atomic mass is 10.2. The molecule has 1 heterocycles. The van der Waals surface area contributed by atoms with Gasteiger partial charge < -0.3 is 10.4 Å². The topological polar surface area (TPSA) is 49.3 Å². The van der Waals surface area contributed by atoms with Crippen LogP contribution in [0.3, 0.4) is 0 Å². The summed E-state index contributed by atoms with van der Waals surface area (Å²) in [5, 5.41) is 10.3. The average Bonchev–Trinajstić information content (AvgIpc) is 2.39. The molecule has 3 heteroatoms. The monoisotopic (exact) mass is 145 g/mol. The first-order chi connectivity index (χ1) is 4.85. The van der Waals surface area contributed by atoms with E-state index in [1.807, 2.05) is 0 Å². The molecule has 1 aliphatic heterocycles. The Morgan fingerprint density at radius 2 is 2.40 bits per heavy atom. The molecule has 0 radical (unpaired) electrons. The van der Waals surface area contributed by atoms with E-state index in [0.717, 1.165) is 6.04 Å². The molecule has 0 aromatic carbocycles. The Labute approximate surface area is 61.4 Å². The molecule has 1 atom stereocenters. The standard InChI is InChI=1S/C6H13N.CH2O2/c1-2-6-4-3-5-7-6;2-1-3/h6-7H,2-5H2,1H3;1H,(H,2,3). The van der Waals surface area contributed by atoms with E-state index in [2.05, 4.69) is 12.2 Å². The SMILES string of the molecule is CCC1CCCN1.O=CO. The first-order valence-electron chi connectivity index (χ1n) is 3.66. The molecular formula is C7H15NO2. The predicted molar refractivity (Wildman–Crippen MR) is 40.0 cm³/mol. The Bertz CT molecular complexity index is 79.7. The number of nitrogens with one attached hydrogen (secondary N) is 1. The van der Waals surface area contributed by atoms with Gasteiger partial charge in [0, 0.05) is 6.04 Å². The highest BCUT2D eigenvalue weighted by molar-refractivity contribution is 5.32. The van der Waals surface area contributed by atoms with Crippen LogP contribution < -0.4 is 5.32 Å². The van der Waals surface area contributed by atoms with Crippen LogP contribution in [0.1, 0.15) is 26.2 Å². The number of carbonyl (C=O) groups is 1. The summed E-state index contributed by atoms with van der Waals surface area (Å²) in [6, 6.07) is 0.847. The van der Waals surface area contributed by atoms with Crippen LogP contribution in [0.2, 0.25) is 0 Å². The van der Waals surface area contributed by atoms with Crippen molar-refractivity contribution in [3.05, 3.63) is 0 Å². The van der Waals surface area contributed by atoms with E-state index in [1.54, 1.807) is 0 Å². The van der Waals surface area contributed by atoms with Crippen molar-refractivity contribution in [1.82, 2.24) is 5.32 Å². The van der Waals surface area contributed by atoms with Gasteiger partial charge in [0.2, 0.25) is 0 Å². The minimum atomic E-state index is -0.250. The summed E-state index contributed by atoms with van der Waals surface area (Å²) in [6.07, 6.45) is 4.09. The maximum atomic E-state index is 8.36. The Balaban J connectivity index is 0.000000236. The van der Waals surface area contributed by atoms with Gasteiger partial charge in [-0.2, -0.15) is 0 Å². The van der Waals surface area contributed by atoms with Gasteiger partial charge in [0.25, 0.3) is 6.47 Å². The second-order valence-electron chi connectivity index (χ2n) is 2.31. The van der Waals surface area contributed by atoms with Crippen LogP contribution in [0.15, 0.2) is 0 Å². The number of hydrogen-bond donors (Lipinski definition) is 2. The van der Waals surface area contributed by atoms with E-state index in [0.29, 0.717) is 0 Å². The molecule has 0 amide bonds. The lowest BCUT2D eigenvalue weighted by molar-refractivity contribution is -0.122. The van der Waals surface area contributed by atoms with Crippen LogP contribution in [0.4, 0.5) is 0 Å². The van der Waals surface area contributed by atoms with Crippen molar-refractivity contribution in [3.63, 3.8) is 0 Å². The van der Waals surface area contributed by atoms with Crippen molar-refractivity contribution in [3.8, 4) is 0 Å². The quantitative estimate of drug-likeness (QED) is 0.538. The van der Waals surface area contributed by atoms with Gasteiger partial charge in [-0.3, -0.25) is 4.79 Å². The molecule has 1 aliphatic rings. The minimum Gasteiger partial charge on any atom is -0.483 e. The zero-order valence-corrected chi connectivity index (χ0v) is 6.34. The smallest absolute Gasteiger partial charge is 0.290 e. The van der Waals surface area contributed by atoms with Gasteiger partial charge in [0.15, 0.2) is 0 Å². The van der Waals surface area contributed by atoms with Crippen molar-refractivity contribution in [2.24, 2.45) is 0 Å². The molecule has 0 aliphatic carbocycles. The second kappa shape index (κ2) is 6.55. The molecule has 60 valence electrons. The highest BCUT2D eigenvalue weighted by Gasteiger charge is 2.09. The van der Waals surface area contributed by atoms with Gasteiger partial charge in [-0.25, -0.2) is 0 Å². The summed E-state index contributed by atoms with van der Waals surface area (Å²) >= 11 is 0. The van der Waals surface area contributed by atoms with Crippen LogP contribution in [-0.2, 0) is 4.79 Å². The molecule has 1 rings (SSSR count). The Morgan fingerprint density at radius 1 is 1.80 bits per heavy atom. The van der Waals surface area contributed by atoms with E-state index < -0.39 is 0 Å². The third-order valence-electron chi connectivity index (χ3n) is 1.66. The van der Waals surface area contributed by atoms with Gasteiger partial charge in [-0.15, -0.1) is 0 Å². The van der Waals surface area contributed by atoms with Gasteiger partial charge >= 0.3 is 0 Å². The van der Waals surface area contributed by atoms with Crippen molar-refractivity contribution < 1.29 is 9.90 Å². The average molecular weight is 145 g/mol. The second-order valence-corrected chi connectivity index (χ2v) is 2.31. The van der Waals surface area contributed by atoms with Crippen LogP contribution in [0.5, 0.6) is 0 Å². The predicted octanol–water partition coefficient (Wildman–Crippen LogP) is 0.849. The molecule has 3 nitrogen and oxygen atoms in total. The summed E-state index contributed by atoms with van der Waals surface area (Å²) in [5.74, 6) is 0. The van der Waals surface area contributed by atoms with E-state index in [-0.39, 0.29) is 6.47 Å².